The van der Waals surface area contributed by atoms with Crippen LogP contribution in [0.2, 0.25) is 0 Å². The molecular formula is C13H20N2O3S. The van der Waals surface area contributed by atoms with Gasteiger partial charge in [0.05, 0.1) is 6.42 Å². The Morgan fingerprint density at radius 3 is 2.68 bits per heavy atom. The molecule has 0 aromatic carbocycles. The molecule has 1 unspecified atom stereocenters. The van der Waals surface area contributed by atoms with Gasteiger partial charge in [0.25, 0.3) is 0 Å². The Morgan fingerprint density at radius 2 is 2.16 bits per heavy atom. The molecule has 6 heteroatoms. The standard InChI is InChI=1S/C13H20N2O3S/c1-3-4-11(5-12(16)17)15-13(18)14-6-10-8-19-7-9(10)2/h7-8,11H,3-6H2,1-2H3,(H,16,17)(H2,14,15,18). The van der Waals surface area contributed by atoms with Crippen LogP contribution >= 0.6 is 11.3 Å². The molecule has 1 atom stereocenters. The zero-order chi connectivity index (χ0) is 14.3. The van der Waals surface area contributed by atoms with Crippen LogP contribution in [-0.4, -0.2) is 23.1 Å². The Kier molecular flexibility index (Phi) is 6.35. The Hall–Kier alpha value is -1.56. The number of thiophene rings is 1. The molecule has 106 valence electrons. The molecule has 5 nitrogen and oxygen atoms in total. The minimum atomic E-state index is -0.896. The van der Waals surface area contributed by atoms with E-state index in [1.165, 1.54) is 0 Å². The normalized spacial score (nSPS) is 11.9. The van der Waals surface area contributed by atoms with Crippen molar-refractivity contribution in [2.45, 2.75) is 45.7 Å². The van der Waals surface area contributed by atoms with Gasteiger partial charge in [-0.2, -0.15) is 11.3 Å². The third-order valence-corrected chi connectivity index (χ3v) is 3.70. The molecule has 0 saturated carbocycles. The van der Waals surface area contributed by atoms with Crippen LogP contribution in [0.1, 0.15) is 37.3 Å². The largest absolute Gasteiger partial charge is 0.481 e. The highest BCUT2D eigenvalue weighted by Gasteiger charge is 2.14. The molecule has 0 aliphatic rings. The fourth-order valence-electron chi connectivity index (χ4n) is 1.76. The van der Waals surface area contributed by atoms with Crippen molar-refractivity contribution in [1.29, 1.82) is 0 Å². The average molecular weight is 284 g/mol. The molecular weight excluding hydrogens is 264 g/mol. The van der Waals surface area contributed by atoms with Crippen LogP contribution in [0.5, 0.6) is 0 Å². The lowest BCUT2D eigenvalue weighted by Gasteiger charge is -2.16. The van der Waals surface area contributed by atoms with Gasteiger partial charge in [-0.25, -0.2) is 4.79 Å². The number of hydrogen-bond donors (Lipinski definition) is 3. The first-order valence-corrected chi connectivity index (χ1v) is 7.25. The second-order valence-electron chi connectivity index (χ2n) is 4.49. The number of amides is 2. The summed E-state index contributed by atoms with van der Waals surface area (Å²) in [5.41, 5.74) is 2.24. The summed E-state index contributed by atoms with van der Waals surface area (Å²) in [6, 6.07) is -0.628. The molecule has 1 aromatic heterocycles. The number of carboxylic acids is 1. The second-order valence-corrected chi connectivity index (χ2v) is 5.23. The molecule has 0 aliphatic carbocycles. The second kappa shape index (κ2) is 7.78. The molecule has 2 amide bonds. The molecule has 0 bridgehead atoms. The summed E-state index contributed by atoms with van der Waals surface area (Å²) >= 11 is 1.60. The quantitative estimate of drug-likeness (QED) is 0.720. The number of carboxylic acid groups (broad SMARTS) is 1. The van der Waals surface area contributed by atoms with Crippen molar-refractivity contribution in [3.63, 3.8) is 0 Å². The van der Waals surface area contributed by atoms with Crippen molar-refractivity contribution >= 4 is 23.3 Å². The van der Waals surface area contributed by atoms with E-state index in [9.17, 15) is 9.59 Å². The van der Waals surface area contributed by atoms with Crippen LogP contribution in [0.25, 0.3) is 0 Å². The lowest BCUT2D eigenvalue weighted by Crippen LogP contribution is -2.42. The van der Waals surface area contributed by atoms with Crippen molar-refractivity contribution in [3.05, 3.63) is 21.9 Å². The van der Waals surface area contributed by atoms with Gasteiger partial charge in [-0.05, 0) is 35.2 Å². The van der Waals surface area contributed by atoms with Crippen molar-refractivity contribution < 1.29 is 14.7 Å². The van der Waals surface area contributed by atoms with Crippen LogP contribution in [0, 0.1) is 6.92 Å². The Morgan fingerprint density at radius 1 is 1.42 bits per heavy atom. The molecule has 1 heterocycles. The van der Waals surface area contributed by atoms with E-state index >= 15 is 0 Å². The molecule has 3 N–H and O–H groups in total. The van der Waals surface area contributed by atoms with Gasteiger partial charge in [0.1, 0.15) is 0 Å². The van der Waals surface area contributed by atoms with Crippen molar-refractivity contribution in [1.82, 2.24) is 10.6 Å². The lowest BCUT2D eigenvalue weighted by molar-refractivity contribution is -0.137. The fourth-order valence-corrected chi connectivity index (χ4v) is 2.62. The van der Waals surface area contributed by atoms with E-state index < -0.39 is 5.97 Å². The molecule has 1 aromatic rings. The highest BCUT2D eigenvalue weighted by Crippen LogP contribution is 2.12. The molecule has 0 spiro atoms. The van der Waals surface area contributed by atoms with Crippen LogP contribution in [0.3, 0.4) is 0 Å². The Labute approximate surface area is 117 Å². The van der Waals surface area contributed by atoms with Crippen LogP contribution < -0.4 is 10.6 Å². The van der Waals surface area contributed by atoms with Crippen molar-refractivity contribution in [2.75, 3.05) is 0 Å². The summed E-state index contributed by atoms with van der Waals surface area (Å²) in [7, 11) is 0. The summed E-state index contributed by atoms with van der Waals surface area (Å²) in [6.45, 7) is 4.42. The van der Waals surface area contributed by atoms with Gasteiger partial charge in [0.15, 0.2) is 0 Å². The SMILES string of the molecule is CCCC(CC(=O)O)NC(=O)NCc1cscc1C. The van der Waals surface area contributed by atoms with E-state index in [1.807, 2.05) is 24.6 Å². The monoisotopic (exact) mass is 284 g/mol. The highest BCUT2D eigenvalue weighted by molar-refractivity contribution is 7.08. The van der Waals surface area contributed by atoms with E-state index in [1.54, 1.807) is 11.3 Å². The summed E-state index contributed by atoms with van der Waals surface area (Å²) in [5.74, 6) is -0.896. The van der Waals surface area contributed by atoms with E-state index in [4.69, 9.17) is 5.11 Å². The first kappa shape index (κ1) is 15.5. The predicted molar refractivity (Wildman–Crippen MR) is 75.4 cm³/mol. The number of aliphatic carboxylic acids is 1. The third-order valence-electron chi connectivity index (χ3n) is 2.79. The minimum absolute atomic E-state index is 0.0429. The number of nitrogens with one attached hydrogen (secondary N) is 2. The number of hydrogen-bond acceptors (Lipinski definition) is 3. The maximum Gasteiger partial charge on any atom is 0.315 e. The first-order chi connectivity index (χ1) is 9.02. The predicted octanol–water partition coefficient (Wildman–Crippen LogP) is 2.50. The summed E-state index contributed by atoms with van der Waals surface area (Å²) in [6.07, 6.45) is 1.46. The van der Waals surface area contributed by atoms with Gasteiger partial charge in [0.2, 0.25) is 0 Å². The zero-order valence-electron chi connectivity index (χ0n) is 11.2. The summed E-state index contributed by atoms with van der Waals surface area (Å²) in [5, 5.41) is 18.2. The van der Waals surface area contributed by atoms with Gasteiger partial charge >= 0.3 is 12.0 Å². The lowest BCUT2D eigenvalue weighted by atomic mass is 10.1. The Bertz CT molecular complexity index is 431. The summed E-state index contributed by atoms with van der Waals surface area (Å²) in [4.78, 5) is 22.4. The molecule has 1 rings (SSSR count). The average Bonchev–Trinajstić information content (AvgIpc) is 2.71. The van der Waals surface area contributed by atoms with E-state index in [0.29, 0.717) is 13.0 Å². The Balaban J connectivity index is 2.39. The topological polar surface area (TPSA) is 78.4 Å². The van der Waals surface area contributed by atoms with Crippen molar-refractivity contribution in [2.24, 2.45) is 0 Å². The molecule has 0 aliphatic heterocycles. The number of rotatable bonds is 7. The van der Waals surface area contributed by atoms with E-state index in [-0.39, 0.29) is 18.5 Å². The number of aryl methyl sites for hydroxylation is 1. The molecule has 0 saturated heterocycles. The van der Waals surface area contributed by atoms with Gasteiger partial charge in [-0.15, -0.1) is 0 Å². The number of carbonyl (C=O) groups is 2. The first-order valence-electron chi connectivity index (χ1n) is 6.30. The van der Waals surface area contributed by atoms with Gasteiger partial charge < -0.3 is 15.7 Å². The molecule has 19 heavy (non-hydrogen) atoms. The van der Waals surface area contributed by atoms with Crippen molar-refractivity contribution in [3.8, 4) is 0 Å². The van der Waals surface area contributed by atoms with Gasteiger partial charge in [-0.3, -0.25) is 4.79 Å². The van der Waals surface area contributed by atoms with Crippen LogP contribution in [0.4, 0.5) is 4.79 Å². The highest BCUT2D eigenvalue weighted by atomic mass is 32.1. The minimum Gasteiger partial charge on any atom is -0.481 e. The summed E-state index contributed by atoms with van der Waals surface area (Å²) < 4.78 is 0. The number of urea groups is 1. The number of carbonyl (C=O) groups excluding carboxylic acids is 1. The van der Waals surface area contributed by atoms with Crippen LogP contribution in [0.15, 0.2) is 10.8 Å². The molecule has 0 radical (unpaired) electrons. The van der Waals surface area contributed by atoms with Gasteiger partial charge in [-0.1, -0.05) is 13.3 Å². The maximum atomic E-state index is 11.7. The zero-order valence-corrected chi connectivity index (χ0v) is 12.0. The van der Waals surface area contributed by atoms with Crippen LogP contribution in [-0.2, 0) is 11.3 Å². The smallest absolute Gasteiger partial charge is 0.315 e. The maximum absolute atomic E-state index is 11.7. The molecule has 0 fully saturated rings. The fraction of sp³-hybridized carbons (Fsp3) is 0.538. The van der Waals surface area contributed by atoms with E-state index in [0.717, 1.165) is 17.5 Å². The third kappa shape index (κ3) is 5.74. The van der Waals surface area contributed by atoms with E-state index in [2.05, 4.69) is 10.6 Å². The van der Waals surface area contributed by atoms with Gasteiger partial charge in [0, 0.05) is 12.6 Å².